The highest BCUT2D eigenvalue weighted by molar-refractivity contribution is 5.74. The van der Waals surface area contributed by atoms with Crippen LogP contribution in [-0.2, 0) is 42.9 Å². The molecule has 376 valence electrons. The molecule has 0 spiro atoms. The first-order chi connectivity index (χ1) is 31.6. The van der Waals surface area contributed by atoms with E-state index in [1.54, 1.807) is 0 Å². The van der Waals surface area contributed by atoms with Crippen LogP contribution in [0.3, 0.4) is 0 Å². The number of allylic oxidation sites excluding steroid dienone is 6. The average molecular weight is 921 g/mol. The highest BCUT2D eigenvalue weighted by Crippen LogP contribution is 2.26. The molecule has 12 heteroatoms. The first kappa shape index (κ1) is 60.0. The molecule has 65 heavy (non-hydrogen) atoms. The maximum atomic E-state index is 13.0. The molecule has 6 unspecified atom stereocenters. The maximum absolute atomic E-state index is 13.0. The van der Waals surface area contributed by atoms with Crippen LogP contribution in [0.1, 0.15) is 226 Å². The van der Waals surface area contributed by atoms with Gasteiger partial charge in [-0.2, -0.15) is 0 Å². The first-order valence-corrected chi connectivity index (χ1v) is 26.0. The Morgan fingerprint density at radius 2 is 0.969 bits per heavy atom. The van der Waals surface area contributed by atoms with Crippen molar-refractivity contribution >= 4 is 23.9 Å². The monoisotopic (exact) mass is 921 g/mol. The first-order valence-electron chi connectivity index (χ1n) is 26.0. The fourth-order valence-electron chi connectivity index (χ4n) is 7.62. The van der Waals surface area contributed by atoms with Crippen molar-refractivity contribution in [1.82, 2.24) is 0 Å². The van der Waals surface area contributed by atoms with Crippen LogP contribution in [0.2, 0.25) is 0 Å². The van der Waals surface area contributed by atoms with Crippen molar-refractivity contribution in [1.29, 1.82) is 0 Å². The second-order valence-electron chi connectivity index (χ2n) is 17.8. The van der Waals surface area contributed by atoms with Crippen molar-refractivity contribution in [2.75, 3.05) is 13.2 Å². The summed E-state index contributed by atoms with van der Waals surface area (Å²) in [7, 11) is 0. The van der Waals surface area contributed by atoms with Crippen molar-refractivity contribution in [3.05, 3.63) is 36.5 Å². The van der Waals surface area contributed by atoms with Gasteiger partial charge in [-0.1, -0.05) is 179 Å². The summed E-state index contributed by atoms with van der Waals surface area (Å²) in [6.45, 7) is 5.83. The van der Waals surface area contributed by atoms with E-state index in [9.17, 15) is 34.5 Å². The normalized spacial score (nSPS) is 19.3. The summed E-state index contributed by atoms with van der Waals surface area (Å²) in [5.41, 5.74) is 0. The van der Waals surface area contributed by atoms with Crippen LogP contribution in [0, 0.1) is 0 Å². The number of aliphatic hydroxyl groups is 2. The summed E-state index contributed by atoms with van der Waals surface area (Å²) in [4.78, 5) is 50.7. The van der Waals surface area contributed by atoms with Crippen LogP contribution in [0.5, 0.6) is 0 Å². The minimum absolute atomic E-state index is 0.0618. The molecule has 12 nitrogen and oxygen atoms in total. The molecule has 1 heterocycles. The summed E-state index contributed by atoms with van der Waals surface area (Å²) in [5, 5.41) is 31.3. The van der Waals surface area contributed by atoms with Gasteiger partial charge in [0, 0.05) is 19.3 Å². The van der Waals surface area contributed by atoms with Gasteiger partial charge in [0.1, 0.15) is 18.8 Å². The molecule has 0 radical (unpaired) electrons. The van der Waals surface area contributed by atoms with Crippen LogP contribution in [0.15, 0.2) is 36.5 Å². The van der Waals surface area contributed by atoms with E-state index in [-0.39, 0.29) is 25.9 Å². The third-order valence-electron chi connectivity index (χ3n) is 11.7. The van der Waals surface area contributed by atoms with Crippen LogP contribution in [-0.4, -0.2) is 89.2 Å². The molecule has 1 aliphatic rings. The summed E-state index contributed by atoms with van der Waals surface area (Å²) in [5.74, 6) is -3.14. The number of aliphatic carboxylic acids is 1. The lowest BCUT2D eigenvalue weighted by molar-refractivity contribution is -0.301. The number of carboxylic acid groups (broad SMARTS) is 1. The molecule has 3 N–H and O–H groups in total. The van der Waals surface area contributed by atoms with Gasteiger partial charge in [-0.05, 0) is 64.2 Å². The maximum Gasteiger partial charge on any atom is 0.335 e. The summed E-state index contributed by atoms with van der Waals surface area (Å²) < 4.78 is 28.2. The Morgan fingerprint density at radius 1 is 0.508 bits per heavy atom. The predicted octanol–water partition coefficient (Wildman–Crippen LogP) is 12.1. The van der Waals surface area contributed by atoms with Crippen molar-refractivity contribution in [3.63, 3.8) is 0 Å². The van der Waals surface area contributed by atoms with E-state index in [0.717, 1.165) is 116 Å². The SMILES string of the molecule is CCC/C=C\C/C=C\CCCCCCCC(=O)OCC(COC1OC(C(=O)O)C(O)C(O)C1OC(=O)CCCCCCCCCCCCC)OC(=O)CCCCCCC/C=C\CCCC. The van der Waals surface area contributed by atoms with Crippen LogP contribution < -0.4 is 0 Å². The Hall–Kier alpha value is -3.06. The highest BCUT2D eigenvalue weighted by Gasteiger charge is 2.50. The van der Waals surface area contributed by atoms with Gasteiger partial charge >= 0.3 is 23.9 Å². The minimum Gasteiger partial charge on any atom is -0.479 e. The second kappa shape index (κ2) is 42.3. The molecule has 1 fully saturated rings. The van der Waals surface area contributed by atoms with E-state index in [1.807, 2.05) is 0 Å². The molecule has 1 saturated heterocycles. The van der Waals surface area contributed by atoms with E-state index in [1.165, 1.54) is 51.4 Å². The number of unbranched alkanes of at least 4 members (excludes halogenated alkanes) is 23. The second-order valence-corrected chi connectivity index (χ2v) is 17.8. The number of hydrogen-bond donors (Lipinski definition) is 3. The summed E-state index contributed by atoms with van der Waals surface area (Å²) in [6.07, 6.45) is 34.3. The molecule has 0 aromatic carbocycles. The number of carbonyl (C=O) groups excluding carboxylic acids is 3. The van der Waals surface area contributed by atoms with Crippen molar-refractivity contribution in [2.24, 2.45) is 0 Å². The van der Waals surface area contributed by atoms with Crippen molar-refractivity contribution in [2.45, 2.75) is 263 Å². The number of ether oxygens (including phenoxy) is 5. The molecule has 0 bridgehead atoms. The third-order valence-corrected chi connectivity index (χ3v) is 11.7. The molecule has 0 aromatic heterocycles. The van der Waals surface area contributed by atoms with Crippen molar-refractivity contribution in [3.8, 4) is 0 Å². The molecule has 1 rings (SSSR count). The molecule has 1 aliphatic heterocycles. The van der Waals surface area contributed by atoms with E-state index in [4.69, 9.17) is 23.7 Å². The Balaban J connectivity index is 2.75. The molecule has 0 amide bonds. The number of carbonyl (C=O) groups is 4. The Labute approximate surface area is 393 Å². The number of carboxylic acids is 1. The van der Waals surface area contributed by atoms with E-state index in [0.29, 0.717) is 19.3 Å². The van der Waals surface area contributed by atoms with Gasteiger partial charge in [0.25, 0.3) is 0 Å². The van der Waals surface area contributed by atoms with Gasteiger partial charge in [0.05, 0.1) is 6.61 Å². The average Bonchev–Trinajstić information content (AvgIpc) is 3.29. The zero-order chi connectivity index (χ0) is 47.6. The topological polar surface area (TPSA) is 175 Å². The number of hydrogen-bond acceptors (Lipinski definition) is 11. The smallest absolute Gasteiger partial charge is 0.335 e. The minimum atomic E-state index is -1.90. The molecular formula is C53H92O12. The van der Waals surface area contributed by atoms with Gasteiger partial charge in [-0.3, -0.25) is 14.4 Å². The number of esters is 3. The van der Waals surface area contributed by atoms with Gasteiger partial charge in [0.2, 0.25) is 0 Å². The van der Waals surface area contributed by atoms with Gasteiger partial charge in [0.15, 0.2) is 24.6 Å². The molecule has 0 aromatic rings. The van der Waals surface area contributed by atoms with E-state index >= 15 is 0 Å². The number of aliphatic hydroxyl groups excluding tert-OH is 2. The standard InChI is InChI=1S/C53H92O12/c1-4-7-10-13-16-19-22-23-26-27-30-33-36-39-45(54)61-42-44(63-46(55)40-37-34-31-28-24-20-17-14-11-8-5-2)43-62-53-51(49(58)48(57)50(65-53)52(59)60)64-47(56)41-38-35-32-29-25-21-18-15-12-9-6-3/h10,13-14,17,19,22,44,48-51,53,57-58H,4-9,11-12,15-16,18,20-21,23-43H2,1-3H3,(H,59,60)/b13-10-,17-14-,22-19-. The van der Waals surface area contributed by atoms with Crippen LogP contribution in [0.4, 0.5) is 0 Å². The van der Waals surface area contributed by atoms with Crippen LogP contribution in [0.25, 0.3) is 0 Å². The Bertz CT molecular complexity index is 1280. The molecule has 0 aliphatic carbocycles. The lowest BCUT2D eigenvalue weighted by Gasteiger charge is -2.40. The summed E-state index contributed by atoms with van der Waals surface area (Å²) >= 11 is 0. The molecule has 6 atom stereocenters. The van der Waals surface area contributed by atoms with Gasteiger partial charge in [-0.25, -0.2) is 4.79 Å². The lowest BCUT2D eigenvalue weighted by atomic mass is 9.98. The fourth-order valence-corrected chi connectivity index (χ4v) is 7.62. The quantitative estimate of drug-likeness (QED) is 0.0229. The van der Waals surface area contributed by atoms with Gasteiger partial charge in [-0.15, -0.1) is 0 Å². The van der Waals surface area contributed by atoms with Crippen molar-refractivity contribution < 1.29 is 58.2 Å². The zero-order valence-electron chi connectivity index (χ0n) is 41.0. The Morgan fingerprint density at radius 3 is 1.51 bits per heavy atom. The van der Waals surface area contributed by atoms with Gasteiger partial charge < -0.3 is 39.0 Å². The predicted molar refractivity (Wildman–Crippen MR) is 257 cm³/mol. The molecular weight excluding hydrogens is 829 g/mol. The summed E-state index contributed by atoms with van der Waals surface area (Å²) in [6, 6.07) is 0. The number of rotatable bonds is 43. The van der Waals surface area contributed by atoms with E-state index in [2.05, 4.69) is 57.2 Å². The largest absolute Gasteiger partial charge is 0.479 e. The Kier molecular flexibility index (Phi) is 39.0. The van der Waals surface area contributed by atoms with Crippen LogP contribution >= 0.6 is 0 Å². The highest BCUT2D eigenvalue weighted by atomic mass is 16.7. The lowest BCUT2D eigenvalue weighted by Crippen LogP contribution is -2.61. The third kappa shape index (κ3) is 33.1. The molecule has 0 saturated carbocycles. The fraction of sp³-hybridized carbons (Fsp3) is 0.811. The van der Waals surface area contributed by atoms with E-state index < -0.39 is 67.3 Å². The zero-order valence-corrected chi connectivity index (χ0v) is 41.0.